The summed E-state index contributed by atoms with van der Waals surface area (Å²) in [5.41, 5.74) is 0.656. The van der Waals surface area contributed by atoms with Crippen molar-refractivity contribution >= 4 is 17.6 Å². The molecule has 25 heavy (non-hydrogen) atoms. The summed E-state index contributed by atoms with van der Waals surface area (Å²) in [4.78, 5) is 32.6. The highest BCUT2D eigenvalue weighted by atomic mass is 19.4. The van der Waals surface area contributed by atoms with E-state index in [9.17, 15) is 32.9 Å². The van der Waals surface area contributed by atoms with Gasteiger partial charge < -0.3 is 10.1 Å². The van der Waals surface area contributed by atoms with Gasteiger partial charge in [0.2, 0.25) is 0 Å². The van der Waals surface area contributed by atoms with E-state index >= 15 is 0 Å². The lowest BCUT2D eigenvalue weighted by Gasteiger charge is -2.27. The van der Waals surface area contributed by atoms with Gasteiger partial charge in [-0.15, -0.1) is 0 Å². The molecule has 10 heteroatoms. The summed E-state index contributed by atoms with van der Waals surface area (Å²) in [6, 6.07) is 1.64. The summed E-state index contributed by atoms with van der Waals surface area (Å²) in [5, 5.41) is 13.1. The molecule has 0 heterocycles. The SMILES string of the molecule is CC(=O)OCc1cc2c(cc1[N+](=O)[O-])[C@H](NC(=O)C(F)(F)F)CCC2. The number of nitro benzene ring substituents is 1. The molecular weight excluding hydrogens is 345 g/mol. The molecule has 0 unspecified atom stereocenters. The van der Waals surface area contributed by atoms with Gasteiger partial charge in [0.1, 0.15) is 6.61 Å². The molecule has 1 aromatic carbocycles. The second kappa shape index (κ2) is 7.08. The zero-order valence-electron chi connectivity index (χ0n) is 13.2. The van der Waals surface area contributed by atoms with Crippen LogP contribution in [0.25, 0.3) is 0 Å². The molecule has 0 aromatic heterocycles. The second-order valence-electron chi connectivity index (χ2n) is 5.63. The zero-order chi connectivity index (χ0) is 18.8. The van der Waals surface area contributed by atoms with Crippen molar-refractivity contribution in [1.82, 2.24) is 5.32 Å². The van der Waals surface area contributed by atoms with Crippen molar-refractivity contribution in [2.75, 3.05) is 0 Å². The lowest BCUT2D eigenvalue weighted by Crippen LogP contribution is -2.40. The van der Waals surface area contributed by atoms with Crippen LogP contribution in [0.15, 0.2) is 12.1 Å². The Bertz CT molecular complexity index is 718. The van der Waals surface area contributed by atoms with Gasteiger partial charge in [0.25, 0.3) is 5.69 Å². The van der Waals surface area contributed by atoms with Crippen LogP contribution in [0.5, 0.6) is 0 Å². The van der Waals surface area contributed by atoms with E-state index in [-0.39, 0.29) is 29.8 Å². The summed E-state index contributed by atoms with van der Waals surface area (Å²) in [6.45, 7) is 0.853. The number of amides is 1. The fraction of sp³-hybridized carbons (Fsp3) is 0.467. The number of nitrogens with zero attached hydrogens (tertiary/aromatic N) is 1. The largest absolute Gasteiger partial charge is 0.471 e. The number of nitrogens with one attached hydrogen (secondary N) is 1. The van der Waals surface area contributed by atoms with Crippen molar-refractivity contribution < 1.29 is 32.4 Å². The molecule has 0 aliphatic heterocycles. The van der Waals surface area contributed by atoms with Crippen LogP contribution in [0.3, 0.4) is 0 Å². The minimum atomic E-state index is -5.03. The van der Waals surface area contributed by atoms with Crippen LogP contribution in [-0.2, 0) is 27.4 Å². The van der Waals surface area contributed by atoms with Gasteiger partial charge in [-0.2, -0.15) is 13.2 Å². The summed E-state index contributed by atoms with van der Waals surface area (Å²) in [6.07, 6.45) is -3.77. The Morgan fingerprint density at radius 3 is 2.64 bits per heavy atom. The highest BCUT2D eigenvalue weighted by Gasteiger charge is 2.40. The Labute approximate surface area is 140 Å². The third kappa shape index (κ3) is 4.46. The summed E-state index contributed by atoms with van der Waals surface area (Å²) >= 11 is 0. The number of aryl methyl sites for hydroxylation is 1. The number of fused-ring (bicyclic) bond motifs is 1. The van der Waals surface area contributed by atoms with E-state index in [0.717, 1.165) is 13.0 Å². The van der Waals surface area contributed by atoms with Crippen LogP contribution in [0, 0.1) is 10.1 Å². The number of carbonyl (C=O) groups excluding carboxylic acids is 2. The number of hydrogen-bond acceptors (Lipinski definition) is 5. The smallest absolute Gasteiger partial charge is 0.461 e. The van der Waals surface area contributed by atoms with Crippen LogP contribution in [0.1, 0.15) is 42.5 Å². The van der Waals surface area contributed by atoms with Crippen molar-refractivity contribution in [3.05, 3.63) is 38.9 Å². The van der Waals surface area contributed by atoms with Gasteiger partial charge in [0.15, 0.2) is 0 Å². The van der Waals surface area contributed by atoms with Gasteiger partial charge in [-0.25, -0.2) is 0 Å². The Hall–Kier alpha value is -2.65. The lowest BCUT2D eigenvalue weighted by molar-refractivity contribution is -0.385. The molecular formula is C15H15F3N2O5. The van der Waals surface area contributed by atoms with Gasteiger partial charge in [0, 0.05) is 13.0 Å². The van der Waals surface area contributed by atoms with E-state index < -0.39 is 29.0 Å². The number of carbonyl (C=O) groups is 2. The van der Waals surface area contributed by atoms with Crippen molar-refractivity contribution in [2.45, 2.75) is 45.0 Å². The average molecular weight is 360 g/mol. The molecule has 1 aliphatic carbocycles. The highest BCUT2D eigenvalue weighted by molar-refractivity contribution is 5.82. The molecule has 0 bridgehead atoms. The molecule has 136 valence electrons. The topological polar surface area (TPSA) is 98.5 Å². The normalized spacial score (nSPS) is 16.7. The van der Waals surface area contributed by atoms with Crippen molar-refractivity contribution in [3.8, 4) is 0 Å². The Kier molecular flexibility index (Phi) is 5.29. The number of ether oxygens (including phenoxy) is 1. The third-order valence-corrected chi connectivity index (χ3v) is 3.85. The predicted molar refractivity (Wildman–Crippen MR) is 78.4 cm³/mol. The molecule has 0 radical (unpaired) electrons. The van der Waals surface area contributed by atoms with E-state index in [1.165, 1.54) is 6.07 Å². The molecule has 7 nitrogen and oxygen atoms in total. The standard InChI is InChI=1S/C15H15F3N2O5/c1-8(21)25-7-10-5-9-3-2-4-12(19-14(22)15(16,17)18)11(9)6-13(10)20(23)24/h5-6,12H,2-4,7H2,1H3,(H,19,22)/t12-/m1/s1. The van der Waals surface area contributed by atoms with Crippen molar-refractivity contribution in [2.24, 2.45) is 0 Å². The Morgan fingerprint density at radius 2 is 2.08 bits per heavy atom. The minimum Gasteiger partial charge on any atom is -0.461 e. The van der Waals surface area contributed by atoms with Gasteiger partial charge in [-0.3, -0.25) is 19.7 Å². The molecule has 0 spiro atoms. The van der Waals surface area contributed by atoms with E-state index in [2.05, 4.69) is 0 Å². The number of esters is 1. The molecule has 1 amide bonds. The van der Waals surface area contributed by atoms with Crippen LogP contribution >= 0.6 is 0 Å². The molecule has 1 aromatic rings. The van der Waals surface area contributed by atoms with Crippen molar-refractivity contribution in [1.29, 1.82) is 0 Å². The van der Waals surface area contributed by atoms with Crippen LogP contribution < -0.4 is 5.32 Å². The number of halogens is 3. The molecule has 1 atom stereocenters. The third-order valence-electron chi connectivity index (χ3n) is 3.85. The molecule has 2 rings (SSSR count). The van der Waals surface area contributed by atoms with E-state index in [4.69, 9.17) is 4.74 Å². The van der Waals surface area contributed by atoms with E-state index in [0.29, 0.717) is 18.4 Å². The first-order valence-electron chi connectivity index (χ1n) is 7.40. The highest BCUT2D eigenvalue weighted by Crippen LogP contribution is 2.35. The molecule has 1 N–H and O–H groups in total. The summed E-state index contributed by atoms with van der Waals surface area (Å²) in [5.74, 6) is -2.70. The van der Waals surface area contributed by atoms with Crippen molar-refractivity contribution in [3.63, 3.8) is 0 Å². The average Bonchev–Trinajstić information content (AvgIpc) is 2.51. The van der Waals surface area contributed by atoms with Gasteiger partial charge in [-0.05, 0) is 36.5 Å². The molecule has 0 saturated carbocycles. The van der Waals surface area contributed by atoms with Crippen LogP contribution in [0.4, 0.5) is 18.9 Å². The zero-order valence-corrected chi connectivity index (χ0v) is 13.2. The number of benzene rings is 1. The van der Waals surface area contributed by atoms with Gasteiger partial charge in [-0.1, -0.05) is 0 Å². The quantitative estimate of drug-likeness (QED) is 0.506. The monoisotopic (exact) mass is 360 g/mol. The number of rotatable bonds is 4. The molecule has 0 fully saturated rings. The minimum absolute atomic E-state index is 0.154. The Morgan fingerprint density at radius 1 is 1.40 bits per heavy atom. The lowest BCUT2D eigenvalue weighted by atomic mass is 9.86. The summed E-state index contributed by atoms with van der Waals surface area (Å²) < 4.78 is 42.2. The Balaban J connectivity index is 2.37. The fourth-order valence-electron chi connectivity index (χ4n) is 2.75. The van der Waals surface area contributed by atoms with Gasteiger partial charge >= 0.3 is 18.1 Å². The first kappa shape index (κ1) is 18.7. The maximum atomic E-state index is 12.5. The van der Waals surface area contributed by atoms with Gasteiger partial charge in [0.05, 0.1) is 16.5 Å². The number of alkyl halides is 3. The first-order chi connectivity index (χ1) is 11.6. The van der Waals surface area contributed by atoms with E-state index in [1.807, 2.05) is 5.32 Å². The molecule has 0 saturated heterocycles. The van der Waals surface area contributed by atoms with E-state index in [1.54, 1.807) is 0 Å². The maximum Gasteiger partial charge on any atom is 0.471 e. The molecule has 1 aliphatic rings. The fourth-order valence-corrected chi connectivity index (χ4v) is 2.75. The predicted octanol–water partition coefficient (Wildman–Crippen LogP) is 2.71. The number of nitro groups is 1. The second-order valence-corrected chi connectivity index (χ2v) is 5.63. The van der Waals surface area contributed by atoms with Crippen LogP contribution in [-0.4, -0.2) is 23.0 Å². The summed E-state index contributed by atoms with van der Waals surface area (Å²) in [7, 11) is 0. The first-order valence-corrected chi connectivity index (χ1v) is 7.40. The number of hydrogen-bond donors (Lipinski definition) is 1. The maximum absolute atomic E-state index is 12.5. The van der Waals surface area contributed by atoms with Crippen LogP contribution in [0.2, 0.25) is 0 Å².